The van der Waals surface area contributed by atoms with Crippen molar-refractivity contribution in [1.82, 2.24) is 4.90 Å². The largest absolute Gasteiger partial charge is 0.395 e. The number of aliphatic hydroxyl groups is 2. The van der Waals surface area contributed by atoms with E-state index in [1.54, 1.807) is 11.3 Å². The number of rotatable bonds is 5. The van der Waals surface area contributed by atoms with Crippen LogP contribution in [0.15, 0.2) is 12.1 Å². The topological polar surface area (TPSA) is 43.7 Å². The minimum Gasteiger partial charge on any atom is -0.395 e. The zero-order valence-electron chi connectivity index (χ0n) is 10.3. The summed E-state index contributed by atoms with van der Waals surface area (Å²) in [4.78, 5) is 4.37. The molecule has 1 aromatic rings. The predicted molar refractivity (Wildman–Crippen MR) is 70.9 cm³/mol. The summed E-state index contributed by atoms with van der Waals surface area (Å²) < 4.78 is 0. The van der Waals surface area contributed by atoms with E-state index in [1.807, 2.05) is 20.0 Å². The van der Waals surface area contributed by atoms with Gasteiger partial charge in [0.05, 0.1) is 18.1 Å². The van der Waals surface area contributed by atoms with E-state index in [0.717, 1.165) is 11.4 Å². The average Bonchev–Trinajstić information content (AvgIpc) is 2.76. The van der Waals surface area contributed by atoms with Crippen molar-refractivity contribution in [1.29, 1.82) is 0 Å². The zero-order chi connectivity index (χ0) is 12.7. The molecule has 17 heavy (non-hydrogen) atoms. The number of thiophene rings is 1. The summed E-state index contributed by atoms with van der Waals surface area (Å²) in [5, 5.41) is 17.7. The highest BCUT2D eigenvalue weighted by molar-refractivity contribution is 7.12. The molecule has 4 heteroatoms. The van der Waals surface area contributed by atoms with E-state index in [1.165, 1.54) is 4.88 Å². The Balaban J connectivity index is 2.54. The lowest BCUT2D eigenvalue weighted by Gasteiger charge is -2.21. The first kappa shape index (κ1) is 14.2. The van der Waals surface area contributed by atoms with Crippen LogP contribution in [-0.4, -0.2) is 41.4 Å². The van der Waals surface area contributed by atoms with Gasteiger partial charge < -0.3 is 10.2 Å². The highest BCUT2D eigenvalue weighted by atomic mass is 32.1. The van der Waals surface area contributed by atoms with Crippen molar-refractivity contribution in [2.24, 2.45) is 0 Å². The highest BCUT2D eigenvalue weighted by Crippen LogP contribution is 2.17. The summed E-state index contributed by atoms with van der Waals surface area (Å²) in [7, 11) is 2.00. The quantitative estimate of drug-likeness (QED) is 0.777. The Morgan fingerprint density at radius 2 is 2.18 bits per heavy atom. The van der Waals surface area contributed by atoms with Crippen LogP contribution < -0.4 is 0 Å². The molecule has 0 fully saturated rings. The van der Waals surface area contributed by atoms with Gasteiger partial charge in [-0.2, -0.15) is 0 Å². The molecule has 1 rings (SSSR count). The molecule has 1 heterocycles. The summed E-state index contributed by atoms with van der Waals surface area (Å²) in [6.07, 6.45) is 0.523. The molecule has 1 aromatic heterocycles. The second kappa shape index (κ2) is 7.46. The molecule has 0 saturated heterocycles. The maximum atomic E-state index is 9.05. The Bertz CT molecular complexity index is 392. The first-order valence-electron chi connectivity index (χ1n) is 5.67. The van der Waals surface area contributed by atoms with Gasteiger partial charge in [-0.15, -0.1) is 11.3 Å². The van der Waals surface area contributed by atoms with Crippen LogP contribution in [0.5, 0.6) is 0 Å². The minimum absolute atomic E-state index is 0.113. The van der Waals surface area contributed by atoms with Crippen molar-refractivity contribution in [2.45, 2.75) is 25.9 Å². The van der Waals surface area contributed by atoms with Crippen molar-refractivity contribution in [3.63, 3.8) is 0 Å². The van der Waals surface area contributed by atoms with Gasteiger partial charge >= 0.3 is 0 Å². The molecule has 0 aliphatic carbocycles. The smallest absolute Gasteiger partial charge is 0.0771 e. The van der Waals surface area contributed by atoms with Gasteiger partial charge in [0.1, 0.15) is 0 Å². The molecule has 0 aromatic carbocycles. The van der Waals surface area contributed by atoms with Crippen molar-refractivity contribution in [3.05, 3.63) is 21.9 Å². The standard InChI is InChI=1S/C13H19NO2S/c1-11(10-16)14(2)9-13-7-6-12(17-13)5-3-4-8-15/h6-7,11,15-16H,4,8-10H2,1-2H3. The van der Waals surface area contributed by atoms with Crippen molar-refractivity contribution in [3.8, 4) is 11.8 Å². The molecule has 0 radical (unpaired) electrons. The summed E-state index contributed by atoms with van der Waals surface area (Å²) >= 11 is 1.66. The Hall–Kier alpha value is -0.860. The van der Waals surface area contributed by atoms with Crippen LogP contribution >= 0.6 is 11.3 Å². The molecule has 94 valence electrons. The van der Waals surface area contributed by atoms with Crippen molar-refractivity contribution in [2.75, 3.05) is 20.3 Å². The van der Waals surface area contributed by atoms with Crippen LogP contribution in [0.1, 0.15) is 23.1 Å². The predicted octanol–water partition coefficient (Wildman–Crippen LogP) is 1.29. The fraction of sp³-hybridized carbons (Fsp3) is 0.538. The van der Waals surface area contributed by atoms with Gasteiger partial charge in [-0.25, -0.2) is 0 Å². The number of hydrogen-bond acceptors (Lipinski definition) is 4. The fourth-order valence-corrected chi connectivity index (χ4v) is 2.22. The van der Waals surface area contributed by atoms with Crippen LogP contribution in [0.25, 0.3) is 0 Å². The summed E-state index contributed by atoms with van der Waals surface area (Å²) in [5.41, 5.74) is 0. The van der Waals surface area contributed by atoms with E-state index in [-0.39, 0.29) is 19.3 Å². The molecule has 0 aliphatic rings. The minimum atomic E-state index is 0.113. The summed E-state index contributed by atoms with van der Waals surface area (Å²) in [6.45, 7) is 3.11. The van der Waals surface area contributed by atoms with Crippen LogP contribution in [0, 0.1) is 11.8 Å². The molecule has 1 unspecified atom stereocenters. The van der Waals surface area contributed by atoms with Crippen LogP contribution in [0.3, 0.4) is 0 Å². The molecule has 3 nitrogen and oxygen atoms in total. The molecule has 0 spiro atoms. The first-order chi connectivity index (χ1) is 8.17. The van der Waals surface area contributed by atoms with Crippen molar-refractivity contribution >= 4 is 11.3 Å². The van der Waals surface area contributed by atoms with E-state index in [4.69, 9.17) is 10.2 Å². The SMILES string of the molecule is CC(CO)N(C)Cc1ccc(C#CCCO)s1. The van der Waals surface area contributed by atoms with E-state index in [2.05, 4.69) is 22.8 Å². The lowest BCUT2D eigenvalue weighted by Crippen LogP contribution is -2.31. The zero-order valence-corrected chi connectivity index (χ0v) is 11.1. The molecule has 2 N–H and O–H groups in total. The molecule has 1 atom stereocenters. The lowest BCUT2D eigenvalue weighted by molar-refractivity contribution is 0.155. The summed E-state index contributed by atoms with van der Waals surface area (Å²) in [5.74, 6) is 5.93. The lowest BCUT2D eigenvalue weighted by atomic mass is 10.3. The number of likely N-dealkylation sites (N-methyl/N-ethyl adjacent to an activating group) is 1. The highest BCUT2D eigenvalue weighted by Gasteiger charge is 2.09. The van der Waals surface area contributed by atoms with E-state index < -0.39 is 0 Å². The Labute approximate surface area is 107 Å². The van der Waals surface area contributed by atoms with E-state index in [9.17, 15) is 0 Å². The van der Waals surface area contributed by atoms with E-state index >= 15 is 0 Å². The van der Waals surface area contributed by atoms with Gasteiger partial charge in [0, 0.05) is 23.9 Å². The van der Waals surface area contributed by atoms with Gasteiger partial charge in [0.25, 0.3) is 0 Å². The number of nitrogens with zero attached hydrogens (tertiary/aromatic N) is 1. The summed E-state index contributed by atoms with van der Waals surface area (Å²) in [6, 6.07) is 4.23. The maximum absolute atomic E-state index is 9.05. The normalized spacial score (nSPS) is 12.3. The third kappa shape index (κ3) is 4.88. The van der Waals surface area contributed by atoms with Crippen LogP contribution in [0.4, 0.5) is 0 Å². The first-order valence-corrected chi connectivity index (χ1v) is 6.48. The molecule has 0 aliphatic heterocycles. The van der Waals surface area contributed by atoms with Gasteiger partial charge in [-0.05, 0) is 26.1 Å². The van der Waals surface area contributed by atoms with Gasteiger partial charge in [0.15, 0.2) is 0 Å². The molecule has 0 amide bonds. The molecular weight excluding hydrogens is 234 g/mol. The molecule has 0 bridgehead atoms. The van der Waals surface area contributed by atoms with Crippen LogP contribution in [0.2, 0.25) is 0 Å². The second-order valence-electron chi connectivity index (χ2n) is 3.99. The molecular formula is C13H19NO2S. The van der Waals surface area contributed by atoms with Gasteiger partial charge in [-0.1, -0.05) is 11.8 Å². The van der Waals surface area contributed by atoms with Crippen LogP contribution in [-0.2, 0) is 6.54 Å². The maximum Gasteiger partial charge on any atom is 0.0771 e. The monoisotopic (exact) mass is 253 g/mol. The Morgan fingerprint density at radius 3 is 2.82 bits per heavy atom. The third-order valence-electron chi connectivity index (χ3n) is 2.53. The van der Waals surface area contributed by atoms with Gasteiger partial charge in [-0.3, -0.25) is 4.90 Å². The molecule has 0 saturated carbocycles. The Kier molecular flexibility index (Phi) is 6.23. The Morgan fingerprint density at radius 1 is 1.41 bits per heavy atom. The average molecular weight is 253 g/mol. The van der Waals surface area contributed by atoms with Gasteiger partial charge in [0.2, 0.25) is 0 Å². The second-order valence-corrected chi connectivity index (χ2v) is 5.16. The third-order valence-corrected chi connectivity index (χ3v) is 3.52. The fourth-order valence-electron chi connectivity index (χ4n) is 1.28. The van der Waals surface area contributed by atoms with Crippen molar-refractivity contribution < 1.29 is 10.2 Å². The van der Waals surface area contributed by atoms with E-state index in [0.29, 0.717) is 6.42 Å². The number of aliphatic hydroxyl groups excluding tert-OH is 2. The number of hydrogen-bond donors (Lipinski definition) is 2.